The van der Waals surface area contributed by atoms with Gasteiger partial charge in [-0.05, 0) is 67.7 Å². The van der Waals surface area contributed by atoms with Crippen LogP contribution in [0.2, 0.25) is 0 Å². The molecule has 250 valence electrons. The summed E-state index contributed by atoms with van der Waals surface area (Å²) in [6, 6.07) is 66.3. The largest absolute Gasteiger partial charge is 0.366 e. The van der Waals surface area contributed by atoms with E-state index in [1.54, 1.807) is 0 Å². The SMILES string of the molecule is C1=C(c2cccc3ccccc23)NC(c2cccc(-n3c4ccccc4c4c5c6ccccc6ccc5c5ccccc5c43)c2)NC1c1ccccc1. The molecule has 0 saturated heterocycles. The average molecular weight is 678 g/mol. The third-order valence-electron chi connectivity index (χ3n) is 11.2. The van der Waals surface area contributed by atoms with Crippen LogP contribution in [0.15, 0.2) is 188 Å². The second-order valence-electron chi connectivity index (χ2n) is 14.2. The Kier molecular flexibility index (Phi) is 6.76. The molecule has 0 bridgehead atoms. The molecule has 2 atom stereocenters. The van der Waals surface area contributed by atoms with Gasteiger partial charge in [0.05, 0.1) is 17.1 Å². The van der Waals surface area contributed by atoms with E-state index < -0.39 is 0 Å². The predicted molar refractivity (Wildman–Crippen MR) is 223 cm³/mol. The molecule has 1 aromatic heterocycles. The minimum Gasteiger partial charge on any atom is -0.366 e. The number of benzene rings is 9. The number of para-hydroxylation sites is 1. The molecule has 9 aromatic carbocycles. The Hall–Kier alpha value is -6.68. The molecule has 0 amide bonds. The normalized spacial score (nSPS) is 16.1. The highest BCUT2D eigenvalue weighted by molar-refractivity contribution is 6.36. The van der Waals surface area contributed by atoms with Gasteiger partial charge in [0.15, 0.2) is 0 Å². The topological polar surface area (TPSA) is 29.0 Å². The molecular formula is C50H35N3. The first kappa shape index (κ1) is 30.0. The zero-order chi connectivity index (χ0) is 34.9. The van der Waals surface area contributed by atoms with Gasteiger partial charge in [0.1, 0.15) is 6.17 Å². The maximum absolute atomic E-state index is 3.96. The Labute approximate surface area is 307 Å². The quantitative estimate of drug-likeness (QED) is 0.182. The van der Waals surface area contributed by atoms with Gasteiger partial charge in [0.2, 0.25) is 0 Å². The van der Waals surface area contributed by atoms with Crippen LogP contribution in [0.5, 0.6) is 0 Å². The number of fused-ring (bicyclic) bond motifs is 11. The van der Waals surface area contributed by atoms with Crippen LogP contribution in [-0.2, 0) is 0 Å². The molecule has 10 aromatic rings. The summed E-state index contributed by atoms with van der Waals surface area (Å²) in [6.07, 6.45) is 2.21. The molecule has 1 aliphatic rings. The highest BCUT2D eigenvalue weighted by Crippen LogP contribution is 2.45. The molecule has 3 heteroatoms. The molecule has 0 radical (unpaired) electrons. The van der Waals surface area contributed by atoms with Gasteiger partial charge in [-0.3, -0.25) is 5.32 Å². The third-order valence-corrected chi connectivity index (χ3v) is 11.2. The molecule has 0 spiro atoms. The second kappa shape index (κ2) is 11.9. The van der Waals surface area contributed by atoms with Crippen molar-refractivity contribution in [3.63, 3.8) is 0 Å². The first-order valence-corrected chi connectivity index (χ1v) is 18.4. The van der Waals surface area contributed by atoms with Crippen molar-refractivity contribution in [2.75, 3.05) is 0 Å². The molecule has 2 unspecified atom stereocenters. The predicted octanol–water partition coefficient (Wildman–Crippen LogP) is 12.4. The lowest BCUT2D eigenvalue weighted by molar-refractivity contribution is 0.443. The van der Waals surface area contributed by atoms with E-state index >= 15 is 0 Å². The Morgan fingerprint density at radius 3 is 1.92 bits per heavy atom. The number of nitrogens with zero attached hydrogens (tertiary/aromatic N) is 1. The van der Waals surface area contributed by atoms with Crippen LogP contribution in [-0.4, -0.2) is 4.57 Å². The monoisotopic (exact) mass is 677 g/mol. The number of rotatable bonds is 4. The molecule has 3 nitrogen and oxygen atoms in total. The summed E-state index contributed by atoms with van der Waals surface area (Å²) in [4.78, 5) is 0. The molecule has 2 heterocycles. The summed E-state index contributed by atoms with van der Waals surface area (Å²) in [5, 5.41) is 20.6. The molecule has 53 heavy (non-hydrogen) atoms. The highest BCUT2D eigenvalue weighted by Gasteiger charge is 2.26. The lowest BCUT2D eigenvalue weighted by Gasteiger charge is -2.33. The van der Waals surface area contributed by atoms with Crippen LogP contribution in [0.3, 0.4) is 0 Å². The smallest absolute Gasteiger partial charge is 0.104 e. The van der Waals surface area contributed by atoms with Crippen molar-refractivity contribution in [3.05, 3.63) is 205 Å². The van der Waals surface area contributed by atoms with Crippen LogP contribution in [0.1, 0.15) is 28.9 Å². The van der Waals surface area contributed by atoms with Gasteiger partial charge in [0.25, 0.3) is 0 Å². The fourth-order valence-corrected chi connectivity index (χ4v) is 8.85. The zero-order valence-electron chi connectivity index (χ0n) is 29.0. The van der Waals surface area contributed by atoms with E-state index in [0.717, 1.165) is 11.4 Å². The average Bonchev–Trinajstić information content (AvgIpc) is 3.59. The van der Waals surface area contributed by atoms with E-state index in [9.17, 15) is 0 Å². The van der Waals surface area contributed by atoms with E-state index in [4.69, 9.17) is 0 Å². The summed E-state index contributed by atoms with van der Waals surface area (Å²) < 4.78 is 2.50. The van der Waals surface area contributed by atoms with Gasteiger partial charge in [-0.1, -0.05) is 164 Å². The maximum atomic E-state index is 3.96. The lowest BCUT2D eigenvalue weighted by Crippen LogP contribution is -2.39. The Bertz CT molecular complexity index is 3080. The molecule has 1 aliphatic heterocycles. The molecule has 2 N–H and O–H groups in total. The van der Waals surface area contributed by atoms with Gasteiger partial charge in [0, 0.05) is 38.5 Å². The van der Waals surface area contributed by atoms with Crippen LogP contribution < -0.4 is 10.6 Å². The van der Waals surface area contributed by atoms with E-state index in [2.05, 4.69) is 203 Å². The number of hydrogen-bond acceptors (Lipinski definition) is 2. The third kappa shape index (κ3) is 4.71. The summed E-state index contributed by atoms with van der Waals surface area (Å²) in [5.74, 6) is 0. The summed E-state index contributed by atoms with van der Waals surface area (Å²) in [6.45, 7) is 0. The first-order chi connectivity index (χ1) is 26.3. The van der Waals surface area contributed by atoms with Gasteiger partial charge in [-0.15, -0.1) is 0 Å². The number of aromatic nitrogens is 1. The zero-order valence-corrected chi connectivity index (χ0v) is 29.0. The Morgan fingerprint density at radius 2 is 1.08 bits per heavy atom. The highest BCUT2D eigenvalue weighted by atomic mass is 15.2. The first-order valence-electron chi connectivity index (χ1n) is 18.4. The second-order valence-corrected chi connectivity index (χ2v) is 14.2. The summed E-state index contributed by atoms with van der Waals surface area (Å²) in [5.41, 5.74) is 8.33. The molecule has 11 rings (SSSR count). The van der Waals surface area contributed by atoms with Crippen molar-refractivity contribution < 1.29 is 0 Å². The summed E-state index contributed by atoms with van der Waals surface area (Å²) in [7, 11) is 0. The van der Waals surface area contributed by atoms with Crippen LogP contribution in [0.25, 0.3) is 76.3 Å². The van der Waals surface area contributed by atoms with Crippen molar-refractivity contribution in [2.45, 2.75) is 12.2 Å². The van der Waals surface area contributed by atoms with E-state index in [1.165, 1.54) is 81.6 Å². The lowest BCUT2D eigenvalue weighted by atomic mass is 9.93. The fraction of sp³-hybridized carbons (Fsp3) is 0.0400. The Balaban J connectivity index is 1.14. The van der Waals surface area contributed by atoms with Crippen molar-refractivity contribution >= 4 is 70.6 Å². The minimum absolute atomic E-state index is 0.0249. The van der Waals surface area contributed by atoms with Crippen LogP contribution in [0.4, 0.5) is 0 Å². The van der Waals surface area contributed by atoms with E-state index in [1.807, 2.05) is 0 Å². The maximum Gasteiger partial charge on any atom is 0.104 e. The fourth-order valence-electron chi connectivity index (χ4n) is 8.85. The van der Waals surface area contributed by atoms with Gasteiger partial charge in [-0.2, -0.15) is 0 Å². The van der Waals surface area contributed by atoms with Crippen molar-refractivity contribution in [3.8, 4) is 5.69 Å². The van der Waals surface area contributed by atoms with Gasteiger partial charge < -0.3 is 9.88 Å². The van der Waals surface area contributed by atoms with Crippen LogP contribution in [0, 0.1) is 0 Å². The standard InChI is InChI=1S/C50H35N3/c1-2-16-34(17-3-1)44-31-45(40-26-13-18-32-14-4-6-21-37(32)40)52-50(51-44)35-19-12-20-36(30-35)53-46-27-11-10-25-43(46)48-47-38-22-7-5-15-33(38)28-29-41(47)39-23-8-9-24-42(39)49(48)53/h1-31,44,50-52H. The number of hydrogen-bond donors (Lipinski definition) is 2. The summed E-state index contributed by atoms with van der Waals surface area (Å²) >= 11 is 0. The van der Waals surface area contributed by atoms with Gasteiger partial charge in [-0.25, -0.2) is 0 Å². The molecule has 0 saturated carbocycles. The Morgan fingerprint density at radius 1 is 0.434 bits per heavy atom. The van der Waals surface area contributed by atoms with Crippen molar-refractivity contribution in [1.82, 2.24) is 15.2 Å². The molecular weight excluding hydrogens is 643 g/mol. The number of nitrogens with one attached hydrogen (secondary N) is 2. The van der Waals surface area contributed by atoms with Crippen molar-refractivity contribution in [1.29, 1.82) is 0 Å². The van der Waals surface area contributed by atoms with Gasteiger partial charge >= 0.3 is 0 Å². The molecule has 0 fully saturated rings. The molecule has 0 aliphatic carbocycles. The van der Waals surface area contributed by atoms with Crippen LogP contribution >= 0.6 is 0 Å². The van der Waals surface area contributed by atoms with Crippen molar-refractivity contribution in [2.24, 2.45) is 0 Å². The van der Waals surface area contributed by atoms with E-state index in [0.29, 0.717) is 0 Å². The van der Waals surface area contributed by atoms with E-state index in [-0.39, 0.29) is 12.2 Å². The minimum atomic E-state index is -0.131.